The summed E-state index contributed by atoms with van der Waals surface area (Å²) in [5.41, 5.74) is 0. The Morgan fingerprint density at radius 1 is 1.56 bits per heavy atom. The zero-order valence-electron chi connectivity index (χ0n) is 11.0. The highest BCUT2D eigenvalue weighted by Crippen LogP contribution is 2.18. The monoisotopic (exact) mass is 254 g/mol. The highest BCUT2D eigenvalue weighted by atomic mass is 16.5. The zero-order chi connectivity index (χ0) is 13.0. The summed E-state index contributed by atoms with van der Waals surface area (Å²) in [6, 6.07) is 0. The molecule has 0 aromatic rings. The number of ether oxygens (including phenoxy) is 1. The molecule has 1 N–H and O–H groups in total. The van der Waals surface area contributed by atoms with Gasteiger partial charge < -0.3 is 15.0 Å². The molecule has 2 saturated heterocycles. The van der Waals surface area contributed by atoms with Crippen molar-refractivity contribution in [2.24, 2.45) is 5.92 Å². The molecule has 2 aliphatic heterocycles. The number of hydrogen-bond acceptors (Lipinski definition) is 3. The minimum absolute atomic E-state index is 0.00236. The van der Waals surface area contributed by atoms with E-state index >= 15 is 0 Å². The quantitative estimate of drug-likeness (QED) is 0.779. The maximum Gasteiger partial charge on any atom is 0.225 e. The minimum Gasteiger partial charge on any atom is -0.376 e. The van der Waals surface area contributed by atoms with Crippen LogP contribution in [-0.2, 0) is 14.3 Å². The summed E-state index contributed by atoms with van der Waals surface area (Å²) in [7, 11) is 0. The Bertz CT molecular complexity index is 313. The van der Waals surface area contributed by atoms with Crippen molar-refractivity contribution in [2.45, 2.75) is 38.7 Å². The lowest BCUT2D eigenvalue weighted by Crippen LogP contribution is -2.37. The van der Waals surface area contributed by atoms with E-state index in [2.05, 4.69) is 5.32 Å². The summed E-state index contributed by atoms with van der Waals surface area (Å²) in [5, 5.41) is 2.91. The second-order valence-electron chi connectivity index (χ2n) is 5.12. The van der Waals surface area contributed by atoms with Crippen molar-refractivity contribution in [1.29, 1.82) is 0 Å². The van der Waals surface area contributed by atoms with E-state index in [4.69, 9.17) is 4.74 Å². The SMILES string of the molecule is CCCN1C[C@H](C(=O)NC[C@H]2CCCO2)CC1=O. The Labute approximate surface area is 108 Å². The van der Waals surface area contributed by atoms with E-state index in [0.717, 1.165) is 32.4 Å². The maximum atomic E-state index is 12.0. The van der Waals surface area contributed by atoms with Gasteiger partial charge in [-0.05, 0) is 19.3 Å². The molecule has 0 bridgehead atoms. The molecule has 0 aromatic carbocycles. The Kier molecular flexibility index (Phi) is 4.58. The van der Waals surface area contributed by atoms with Crippen LogP contribution in [0.2, 0.25) is 0 Å². The van der Waals surface area contributed by atoms with E-state index in [1.165, 1.54) is 0 Å². The number of carbonyl (C=O) groups is 2. The van der Waals surface area contributed by atoms with Gasteiger partial charge >= 0.3 is 0 Å². The Morgan fingerprint density at radius 3 is 3.06 bits per heavy atom. The van der Waals surface area contributed by atoms with Crippen molar-refractivity contribution in [2.75, 3.05) is 26.2 Å². The number of nitrogens with one attached hydrogen (secondary N) is 1. The first kappa shape index (κ1) is 13.3. The smallest absolute Gasteiger partial charge is 0.225 e. The van der Waals surface area contributed by atoms with E-state index in [9.17, 15) is 9.59 Å². The molecule has 0 spiro atoms. The Morgan fingerprint density at radius 2 is 2.39 bits per heavy atom. The molecular formula is C13H22N2O3. The molecule has 0 unspecified atom stereocenters. The van der Waals surface area contributed by atoms with E-state index in [1.54, 1.807) is 4.90 Å². The van der Waals surface area contributed by atoms with Crippen molar-refractivity contribution < 1.29 is 14.3 Å². The van der Waals surface area contributed by atoms with Crippen molar-refractivity contribution >= 4 is 11.8 Å². The molecule has 2 rings (SSSR count). The summed E-state index contributed by atoms with van der Waals surface area (Å²) in [6.07, 6.45) is 3.56. The molecule has 2 aliphatic rings. The molecule has 0 aromatic heterocycles. The summed E-state index contributed by atoms with van der Waals surface area (Å²) in [6.45, 7) is 4.75. The van der Waals surface area contributed by atoms with Crippen molar-refractivity contribution in [3.63, 3.8) is 0 Å². The first-order valence-electron chi connectivity index (χ1n) is 6.87. The van der Waals surface area contributed by atoms with Gasteiger partial charge in [0.2, 0.25) is 11.8 Å². The van der Waals surface area contributed by atoms with Crippen LogP contribution in [0.4, 0.5) is 0 Å². The van der Waals surface area contributed by atoms with Gasteiger partial charge in [-0.15, -0.1) is 0 Å². The van der Waals surface area contributed by atoms with Crippen molar-refractivity contribution in [3.8, 4) is 0 Å². The third kappa shape index (κ3) is 3.22. The average molecular weight is 254 g/mol. The van der Waals surface area contributed by atoms with Crippen LogP contribution in [0.5, 0.6) is 0 Å². The van der Waals surface area contributed by atoms with Crippen LogP contribution in [0.3, 0.4) is 0 Å². The molecule has 0 saturated carbocycles. The fourth-order valence-corrected chi connectivity index (χ4v) is 2.60. The normalized spacial score (nSPS) is 27.8. The number of carbonyl (C=O) groups excluding carboxylic acids is 2. The van der Waals surface area contributed by atoms with Crippen LogP contribution in [0.15, 0.2) is 0 Å². The third-order valence-corrected chi connectivity index (χ3v) is 3.61. The molecule has 2 atom stereocenters. The Balaban J connectivity index is 1.74. The van der Waals surface area contributed by atoms with Crippen molar-refractivity contribution in [1.82, 2.24) is 10.2 Å². The van der Waals surface area contributed by atoms with E-state index < -0.39 is 0 Å². The molecule has 5 heteroatoms. The maximum absolute atomic E-state index is 12.0. The molecule has 2 fully saturated rings. The molecule has 5 nitrogen and oxygen atoms in total. The van der Waals surface area contributed by atoms with Gasteiger partial charge in [-0.1, -0.05) is 6.92 Å². The van der Waals surface area contributed by atoms with Crippen LogP contribution >= 0.6 is 0 Å². The highest BCUT2D eigenvalue weighted by molar-refractivity contribution is 5.89. The van der Waals surface area contributed by atoms with Crippen LogP contribution in [0, 0.1) is 5.92 Å². The van der Waals surface area contributed by atoms with Crippen LogP contribution in [0.1, 0.15) is 32.6 Å². The average Bonchev–Trinajstić information content (AvgIpc) is 2.97. The lowest BCUT2D eigenvalue weighted by Gasteiger charge is -2.16. The molecule has 102 valence electrons. The fraction of sp³-hybridized carbons (Fsp3) is 0.846. The van der Waals surface area contributed by atoms with E-state index in [1.807, 2.05) is 6.92 Å². The first-order valence-corrected chi connectivity index (χ1v) is 6.87. The zero-order valence-corrected chi connectivity index (χ0v) is 11.0. The van der Waals surface area contributed by atoms with Crippen LogP contribution in [0.25, 0.3) is 0 Å². The molecule has 2 heterocycles. The summed E-state index contributed by atoms with van der Waals surface area (Å²) < 4.78 is 5.45. The third-order valence-electron chi connectivity index (χ3n) is 3.61. The van der Waals surface area contributed by atoms with Crippen LogP contribution in [-0.4, -0.2) is 49.1 Å². The van der Waals surface area contributed by atoms with Gasteiger partial charge in [0.15, 0.2) is 0 Å². The van der Waals surface area contributed by atoms with E-state index in [-0.39, 0.29) is 23.8 Å². The minimum atomic E-state index is -0.176. The summed E-state index contributed by atoms with van der Waals surface area (Å²) in [5.74, 6) is -0.0722. The predicted molar refractivity (Wildman–Crippen MR) is 67.0 cm³/mol. The highest BCUT2D eigenvalue weighted by Gasteiger charge is 2.33. The van der Waals surface area contributed by atoms with Crippen LogP contribution < -0.4 is 5.32 Å². The van der Waals surface area contributed by atoms with Gasteiger partial charge in [0.25, 0.3) is 0 Å². The summed E-state index contributed by atoms with van der Waals surface area (Å²) >= 11 is 0. The van der Waals surface area contributed by atoms with Gasteiger partial charge in [-0.2, -0.15) is 0 Å². The molecule has 0 radical (unpaired) electrons. The lowest BCUT2D eigenvalue weighted by atomic mass is 10.1. The molecule has 0 aliphatic carbocycles. The molecular weight excluding hydrogens is 232 g/mol. The second kappa shape index (κ2) is 6.18. The first-order chi connectivity index (χ1) is 8.70. The molecule has 18 heavy (non-hydrogen) atoms. The summed E-state index contributed by atoms with van der Waals surface area (Å²) in [4.78, 5) is 25.4. The topological polar surface area (TPSA) is 58.6 Å². The van der Waals surface area contributed by atoms with Gasteiger partial charge in [0, 0.05) is 32.7 Å². The van der Waals surface area contributed by atoms with Crippen molar-refractivity contribution in [3.05, 3.63) is 0 Å². The number of likely N-dealkylation sites (tertiary alicyclic amines) is 1. The van der Waals surface area contributed by atoms with Gasteiger partial charge in [0.1, 0.15) is 0 Å². The number of amides is 2. The van der Waals surface area contributed by atoms with Gasteiger partial charge in [-0.25, -0.2) is 0 Å². The van der Waals surface area contributed by atoms with Gasteiger partial charge in [0.05, 0.1) is 12.0 Å². The lowest BCUT2D eigenvalue weighted by molar-refractivity contribution is -0.129. The largest absolute Gasteiger partial charge is 0.376 e. The van der Waals surface area contributed by atoms with Gasteiger partial charge in [-0.3, -0.25) is 9.59 Å². The number of nitrogens with zero attached hydrogens (tertiary/aromatic N) is 1. The second-order valence-corrected chi connectivity index (χ2v) is 5.12. The standard InChI is InChI=1S/C13H22N2O3/c1-2-5-15-9-10(7-12(15)16)13(17)14-8-11-4-3-6-18-11/h10-11H,2-9H2,1H3,(H,14,17)/t10-,11-/m1/s1. The van der Waals surface area contributed by atoms with E-state index in [0.29, 0.717) is 19.5 Å². The predicted octanol–water partition coefficient (Wildman–Crippen LogP) is 0.540. The Hall–Kier alpha value is -1.10. The fourth-order valence-electron chi connectivity index (χ4n) is 2.60. The number of rotatable bonds is 5. The number of hydrogen-bond donors (Lipinski definition) is 1. The molecule has 2 amide bonds.